The van der Waals surface area contributed by atoms with E-state index >= 15 is 0 Å². The fourth-order valence-corrected chi connectivity index (χ4v) is 7.63. The van der Waals surface area contributed by atoms with Crippen molar-refractivity contribution in [3.05, 3.63) is 71.3 Å². The molecule has 0 unspecified atom stereocenters. The number of para-hydroxylation sites is 1. The molecule has 0 spiro atoms. The van der Waals surface area contributed by atoms with Crippen molar-refractivity contribution >= 4 is 40.3 Å². The smallest absolute Gasteiger partial charge is 0.198 e. The highest BCUT2D eigenvalue weighted by atomic mass is 15.1. The Morgan fingerprint density at radius 1 is 0.781 bits per heavy atom. The van der Waals surface area contributed by atoms with Crippen molar-refractivity contribution in [2.45, 2.75) is 38.0 Å². The van der Waals surface area contributed by atoms with Crippen molar-refractivity contribution < 1.29 is 0 Å². The number of aliphatic imine (C=N–C) groups is 1. The topological polar surface area (TPSA) is 50.4 Å². The van der Waals surface area contributed by atoms with Gasteiger partial charge < -0.3 is 11.1 Å². The predicted molar refractivity (Wildman–Crippen MR) is 134 cm³/mol. The van der Waals surface area contributed by atoms with Gasteiger partial charge in [0.2, 0.25) is 0 Å². The van der Waals surface area contributed by atoms with E-state index < -0.39 is 0 Å². The lowest BCUT2D eigenvalue weighted by Crippen LogP contribution is -2.43. The van der Waals surface area contributed by atoms with Crippen molar-refractivity contribution in [3.63, 3.8) is 0 Å². The number of guanidine groups is 1. The number of benzene rings is 3. The van der Waals surface area contributed by atoms with Gasteiger partial charge in [-0.15, -0.1) is 0 Å². The summed E-state index contributed by atoms with van der Waals surface area (Å²) in [5.74, 6) is 4.75. The molecular formula is C29H29N3. The Labute approximate surface area is 189 Å². The van der Waals surface area contributed by atoms with Crippen molar-refractivity contribution in [1.29, 1.82) is 0 Å². The van der Waals surface area contributed by atoms with Crippen molar-refractivity contribution in [2.24, 2.45) is 34.4 Å². The van der Waals surface area contributed by atoms with Gasteiger partial charge in [-0.1, -0.05) is 54.6 Å². The molecule has 0 saturated heterocycles. The molecule has 0 radical (unpaired) electrons. The Balaban J connectivity index is 1.22. The zero-order valence-electron chi connectivity index (χ0n) is 18.3. The number of hydrogen-bond acceptors (Lipinski definition) is 1. The Hall–Kier alpha value is -3.07. The van der Waals surface area contributed by atoms with Gasteiger partial charge in [0.05, 0.1) is 5.69 Å². The first-order valence-corrected chi connectivity index (χ1v) is 12.2. The molecule has 0 atom stereocenters. The third-order valence-corrected chi connectivity index (χ3v) is 8.57. The number of rotatable bonds is 3. The molecule has 0 heterocycles. The lowest BCUT2D eigenvalue weighted by atomic mass is 9.50. The number of hydrogen-bond donors (Lipinski definition) is 2. The van der Waals surface area contributed by atoms with Crippen molar-refractivity contribution in [2.75, 3.05) is 5.32 Å². The average Bonchev–Trinajstić information content (AvgIpc) is 3.21. The van der Waals surface area contributed by atoms with Gasteiger partial charge in [0.25, 0.3) is 0 Å². The minimum absolute atomic E-state index is 0.466. The van der Waals surface area contributed by atoms with E-state index in [-0.39, 0.29) is 0 Å². The monoisotopic (exact) mass is 419 g/mol. The third-order valence-electron chi connectivity index (χ3n) is 8.57. The van der Waals surface area contributed by atoms with Crippen molar-refractivity contribution in [3.8, 4) is 0 Å². The van der Waals surface area contributed by atoms with E-state index in [2.05, 4.69) is 72.1 Å². The van der Waals surface area contributed by atoms with Crippen LogP contribution in [-0.2, 0) is 0 Å². The maximum Gasteiger partial charge on any atom is 0.198 e. The summed E-state index contributed by atoms with van der Waals surface area (Å²) in [7, 11) is 0. The first-order valence-electron chi connectivity index (χ1n) is 12.2. The standard InChI is InChI=1S/C29H29N3/c30-29(32-26-11-10-20-9-8-19-4-3-6-24(26)27(19)20)31-25-7-2-1-5-23(25)28-21-13-17-12-18(15-21)16-22(28)14-17/h1-11,17-18,21-22,28H,12-16H2,(H3,30,31,32). The van der Waals surface area contributed by atoms with Crippen LogP contribution < -0.4 is 11.1 Å². The molecule has 3 N–H and O–H groups in total. The van der Waals surface area contributed by atoms with Gasteiger partial charge in [-0.3, -0.25) is 0 Å². The molecule has 3 aromatic carbocycles. The van der Waals surface area contributed by atoms with Gasteiger partial charge in [0, 0.05) is 11.1 Å². The Morgan fingerprint density at radius 3 is 2.28 bits per heavy atom. The van der Waals surface area contributed by atoms with Crippen LogP contribution in [0.2, 0.25) is 0 Å². The summed E-state index contributed by atoms with van der Waals surface area (Å²) in [6.07, 6.45) is 11.5. The largest absolute Gasteiger partial charge is 0.369 e. The highest BCUT2D eigenvalue weighted by Gasteiger charge is 2.49. The molecular weight excluding hydrogens is 390 g/mol. The number of anilines is 1. The van der Waals surface area contributed by atoms with Gasteiger partial charge in [0.1, 0.15) is 0 Å². The average molecular weight is 420 g/mol. The van der Waals surface area contributed by atoms with Gasteiger partial charge in [-0.25, -0.2) is 4.99 Å². The molecule has 5 aliphatic carbocycles. The second kappa shape index (κ2) is 6.96. The Bertz CT molecular complexity index is 1240. The molecule has 3 aromatic rings. The molecule has 0 aromatic heterocycles. The molecule has 4 saturated carbocycles. The van der Waals surface area contributed by atoms with Crippen LogP contribution in [0.1, 0.15) is 54.7 Å². The van der Waals surface area contributed by atoms with E-state index in [9.17, 15) is 0 Å². The molecule has 8 rings (SSSR count). The summed E-state index contributed by atoms with van der Waals surface area (Å²) in [6.45, 7) is 0. The summed E-state index contributed by atoms with van der Waals surface area (Å²) in [5, 5.41) is 5.89. The lowest BCUT2D eigenvalue weighted by molar-refractivity contribution is -0.00259. The minimum Gasteiger partial charge on any atom is -0.369 e. The van der Waals surface area contributed by atoms with Crippen LogP contribution in [0.25, 0.3) is 22.9 Å². The fraction of sp³-hybridized carbons (Fsp3) is 0.345. The van der Waals surface area contributed by atoms with Gasteiger partial charge >= 0.3 is 0 Å². The zero-order chi connectivity index (χ0) is 21.2. The van der Waals surface area contributed by atoms with Crippen LogP contribution in [-0.4, -0.2) is 5.96 Å². The quantitative estimate of drug-likeness (QED) is 0.280. The summed E-state index contributed by atoms with van der Waals surface area (Å²) < 4.78 is 0. The Morgan fingerprint density at radius 2 is 1.50 bits per heavy atom. The molecule has 4 bridgehead atoms. The maximum atomic E-state index is 6.49. The van der Waals surface area contributed by atoms with Crippen LogP contribution in [0.3, 0.4) is 0 Å². The van der Waals surface area contributed by atoms with E-state index in [1.807, 2.05) is 0 Å². The highest BCUT2D eigenvalue weighted by molar-refractivity contribution is 6.12. The highest BCUT2D eigenvalue weighted by Crippen LogP contribution is 2.60. The van der Waals surface area contributed by atoms with E-state index in [0.29, 0.717) is 11.9 Å². The fourth-order valence-electron chi connectivity index (χ4n) is 7.63. The van der Waals surface area contributed by atoms with Crippen molar-refractivity contribution in [1.82, 2.24) is 0 Å². The first kappa shape index (κ1) is 18.5. The van der Waals surface area contributed by atoms with E-state index in [1.54, 1.807) is 0 Å². The van der Waals surface area contributed by atoms with E-state index in [1.165, 1.54) is 59.6 Å². The van der Waals surface area contributed by atoms with E-state index in [0.717, 1.165) is 35.0 Å². The minimum atomic E-state index is 0.466. The molecule has 4 fully saturated rings. The zero-order valence-corrected chi connectivity index (χ0v) is 18.3. The van der Waals surface area contributed by atoms with E-state index in [4.69, 9.17) is 10.7 Å². The predicted octanol–water partition coefficient (Wildman–Crippen LogP) is 6.92. The SMILES string of the molecule is NC(=Nc1ccccc1C1C2CC3CC(C2)CC1C3)Nc1ccc2c3c(cccc13)C=C2. The number of nitrogens with two attached hydrogens (primary N) is 1. The summed E-state index contributed by atoms with van der Waals surface area (Å²) >= 11 is 0. The van der Waals surface area contributed by atoms with Gasteiger partial charge in [-0.2, -0.15) is 0 Å². The Kier molecular flexibility index (Phi) is 4.03. The van der Waals surface area contributed by atoms with Crippen LogP contribution >= 0.6 is 0 Å². The molecule has 5 aliphatic rings. The summed E-state index contributed by atoms with van der Waals surface area (Å²) in [5.41, 5.74) is 12.5. The molecule has 0 amide bonds. The first-order chi connectivity index (χ1) is 15.7. The molecule has 3 nitrogen and oxygen atoms in total. The maximum absolute atomic E-state index is 6.49. The number of nitrogens with zero attached hydrogens (tertiary/aromatic N) is 1. The van der Waals surface area contributed by atoms with Crippen LogP contribution in [0.5, 0.6) is 0 Å². The van der Waals surface area contributed by atoms with Crippen LogP contribution in [0, 0.1) is 23.7 Å². The van der Waals surface area contributed by atoms with Crippen LogP contribution in [0.4, 0.5) is 11.4 Å². The third kappa shape index (κ3) is 2.83. The summed E-state index contributed by atoms with van der Waals surface area (Å²) in [4.78, 5) is 4.92. The van der Waals surface area contributed by atoms with Gasteiger partial charge in [0.15, 0.2) is 5.96 Å². The molecule has 160 valence electrons. The van der Waals surface area contributed by atoms with Crippen LogP contribution in [0.15, 0.2) is 59.6 Å². The molecule has 3 heteroatoms. The second-order valence-corrected chi connectivity index (χ2v) is 10.4. The number of nitrogens with one attached hydrogen (secondary N) is 1. The molecule has 32 heavy (non-hydrogen) atoms. The molecule has 0 aliphatic heterocycles. The van der Waals surface area contributed by atoms with Gasteiger partial charge in [-0.05, 0) is 95.9 Å². The normalized spacial score (nSPS) is 29.8. The second-order valence-electron chi connectivity index (χ2n) is 10.4. The lowest BCUT2D eigenvalue weighted by Gasteiger charge is -2.54. The summed E-state index contributed by atoms with van der Waals surface area (Å²) in [6, 6.07) is 19.4.